The normalized spacial score (nSPS) is 16.9. The smallest absolute Gasteiger partial charge is 0.141 e. The molecule has 2 rings (SSSR count). The Morgan fingerprint density at radius 1 is 1.22 bits per heavy atom. The molecule has 0 unspecified atom stereocenters. The average molecular weight is 251 g/mol. The van der Waals surface area contributed by atoms with E-state index in [0.29, 0.717) is 6.54 Å². The topological polar surface area (TPSA) is 28.2 Å². The molecule has 0 aliphatic carbocycles. The van der Waals surface area contributed by atoms with Crippen molar-refractivity contribution in [2.24, 2.45) is 0 Å². The monoisotopic (exact) mass is 251 g/mol. The van der Waals surface area contributed by atoms with E-state index in [1.54, 1.807) is 6.20 Å². The van der Waals surface area contributed by atoms with Gasteiger partial charge < -0.3 is 10.2 Å². The third-order valence-electron chi connectivity index (χ3n) is 3.37. The molecule has 100 valence electrons. The van der Waals surface area contributed by atoms with Gasteiger partial charge in [-0.2, -0.15) is 0 Å². The summed E-state index contributed by atoms with van der Waals surface area (Å²) < 4.78 is 12.9. The van der Waals surface area contributed by atoms with Crippen molar-refractivity contribution in [3.05, 3.63) is 29.8 Å². The third kappa shape index (κ3) is 4.70. The lowest BCUT2D eigenvalue weighted by atomic mass is 10.1. The first kappa shape index (κ1) is 13.4. The fourth-order valence-electron chi connectivity index (χ4n) is 2.40. The minimum Gasteiger partial charge on any atom is -0.313 e. The fraction of sp³-hybridized carbons (Fsp3) is 0.643. The molecule has 0 atom stereocenters. The molecule has 0 radical (unpaired) electrons. The number of rotatable bonds is 6. The minimum absolute atomic E-state index is 0.261. The Morgan fingerprint density at radius 3 is 2.83 bits per heavy atom. The van der Waals surface area contributed by atoms with Gasteiger partial charge in [-0.3, -0.25) is 4.98 Å². The van der Waals surface area contributed by atoms with Crippen LogP contribution in [0.5, 0.6) is 0 Å². The number of halogens is 1. The van der Waals surface area contributed by atoms with Crippen LogP contribution in [0, 0.1) is 5.82 Å². The van der Waals surface area contributed by atoms with Crippen LogP contribution in [0.1, 0.15) is 31.2 Å². The summed E-state index contributed by atoms with van der Waals surface area (Å²) in [5.41, 5.74) is 0.910. The van der Waals surface area contributed by atoms with E-state index in [2.05, 4.69) is 15.2 Å². The van der Waals surface area contributed by atoms with Crippen molar-refractivity contribution in [3.8, 4) is 0 Å². The van der Waals surface area contributed by atoms with Gasteiger partial charge in [0.15, 0.2) is 0 Å². The van der Waals surface area contributed by atoms with E-state index in [9.17, 15) is 4.39 Å². The molecule has 0 aromatic carbocycles. The van der Waals surface area contributed by atoms with Crippen LogP contribution in [0.15, 0.2) is 18.5 Å². The number of nitrogens with zero attached hydrogens (tertiary/aromatic N) is 2. The van der Waals surface area contributed by atoms with Gasteiger partial charge in [0.1, 0.15) is 5.82 Å². The van der Waals surface area contributed by atoms with Gasteiger partial charge in [-0.15, -0.1) is 0 Å². The number of piperidine rings is 1. The predicted molar refractivity (Wildman–Crippen MR) is 70.8 cm³/mol. The highest BCUT2D eigenvalue weighted by molar-refractivity contribution is 5.09. The second-order valence-electron chi connectivity index (χ2n) is 4.94. The van der Waals surface area contributed by atoms with Crippen molar-refractivity contribution in [1.29, 1.82) is 0 Å². The minimum atomic E-state index is -0.261. The first-order valence-corrected chi connectivity index (χ1v) is 6.87. The third-order valence-corrected chi connectivity index (χ3v) is 3.37. The maximum absolute atomic E-state index is 12.9. The van der Waals surface area contributed by atoms with E-state index in [1.807, 2.05) is 0 Å². The van der Waals surface area contributed by atoms with E-state index < -0.39 is 0 Å². The molecular weight excluding hydrogens is 229 g/mol. The molecular formula is C14H22FN3. The van der Waals surface area contributed by atoms with Gasteiger partial charge in [0, 0.05) is 12.7 Å². The largest absolute Gasteiger partial charge is 0.313 e. The number of nitrogens with one attached hydrogen (secondary N) is 1. The van der Waals surface area contributed by atoms with Crippen LogP contribution in [0.2, 0.25) is 0 Å². The summed E-state index contributed by atoms with van der Waals surface area (Å²) in [5.74, 6) is -0.261. The van der Waals surface area contributed by atoms with E-state index >= 15 is 0 Å². The molecule has 2 heterocycles. The molecule has 1 N–H and O–H groups in total. The molecule has 0 bridgehead atoms. The zero-order chi connectivity index (χ0) is 12.6. The zero-order valence-corrected chi connectivity index (χ0v) is 10.9. The average Bonchev–Trinajstić information content (AvgIpc) is 2.40. The maximum atomic E-state index is 12.9. The van der Waals surface area contributed by atoms with Crippen molar-refractivity contribution in [2.45, 2.75) is 32.2 Å². The Morgan fingerprint density at radius 2 is 2.06 bits per heavy atom. The van der Waals surface area contributed by atoms with Gasteiger partial charge in [0.25, 0.3) is 0 Å². The van der Waals surface area contributed by atoms with Gasteiger partial charge in [-0.25, -0.2) is 4.39 Å². The lowest BCUT2D eigenvalue weighted by Crippen LogP contribution is -2.32. The Hall–Kier alpha value is -1.00. The molecule has 4 heteroatoms. The molecule has 1 fully saturated rings. The molecule has 3 nitrogen and oxygen atoms in total. The summed E-state index contributed by atoms with van der Waals surface area (Å²) in [4.78, 5) is 6.37. The number of pyridine rings is 1. The van der Waals surface area contributed by atoms with Crippen LogP contribution >= 0.6 is 0 Å². The van der Waals surface area contributed by atoms with Crippen LogP contribution in [0.25, 0.3) is 0 Å². The van der Waals surface area contributed by atoms with Gasteiger partial charge in [0.2, 0.25) is 0 Å². The zero-order valence-electron chi connectivity index (χ0n) is 10.9. The summed E-state index contributed by atoms with van der Waals surface area (Å²) in [6.07, 6.45) is 8.19. The van der Waals surface area contributed by atoms with Crippen LogP contribution in [-0.2, 0) is 6.54 Å². The lowest BCUT2D eigenvalue weighted by Gasteiger charge is -2.26. The van der Waals surface area contributed by atoms with Crippen molar-refractivity contribution in [1.82, 2.24) is 15.2 Å². The van der Waals surface area contributed by atoms with Gasteiger partial charge in [-0.05, 0) is 57.1 Å². The SMILES string of the molecule is Fc1cncc(CNCCCN2CCCCC2)c1. The van der Waals surface area contributed by atoms with Crippen LogP contribution in [0.3, 0.4) is 0 Å². The van der Waals surface area contributed by atoms with Crippen molar-refractivity contribution < 1.29 is 4.39 Å². The molecule has 1 aliphatic heterocycles. The first-order valence-electron chi connectivity index (χ1n) is 6.87. The van der Waals surface area contributed by atoms with Crippen molar-refractivity contribution in [3.63, 3.8) is 0 Å². The van der Waals surface area contributed by atoms with Crippen LogP contribution in [-0.4, -0.2) is 36.1 Å². The number of hydrogen-bond acceptors (Lipinski definition) is 3. The van der Waals surface area contributed by atoms with E-state index in [-0.39, 0.29) is 5.82 Å². The van der Waals surface area contributed by atoms with Crippen molar-refractivity contribution in [2.75, 3.05) is 26.2 Å². The van der Waals surface area contributed by atoms with E-state index in [1.165, 1.54) is 51.2 Å². The summed E-state index contributed by atoms with van der Waals surface area (Å²) in [6.45, 7) is 5.37. The lowest BCUT2D eigenvalue weighted by molar-refractivity contribution is 0.225. The molecule has 1 aromatic rings. The number of aromatic nitrogens is 1. The summed E-state index contributed by atoms with van der Waals surface area (Å²) in [6, 6.07) is 1.53. The van der Waals surface area contributed by atoms with Crippen LogP contribution in [0.4, 0.5) is 4.39 Å². The second-order valence-corrected chi connectivity index (χ2v) is 4.94. The number of hydrogen-bond donors (Lipinski definition) is 1. The Balaban J connectivity index is 1.55. The Kier molecular flexibility index (Phi) is 5.55. The fourth-order valence-corrected chi connectivity index (χ4v) is 2.40. The van der Waals surface area contributed by atoms with E-state index in [4.69, 9.17) is 0 Å². The van der Waals surface area contributed by atoms with Crippen molar-refractivity contribution >= 4 is 0 Å². The number of likely N-dealkylation sites (tertiary alicyclic amines) is 1. The quantitative estimate of drug-likeness (QED) is 0.786. The summed E-state index contributed by atoms with van der Waals surface area (Å²) in [7, 11) is 0. The van der Waals surface area contributed by atoms with Gasteiger partial charge >= 0.3 is 0 Å². The molecule has 0 saturated carbocycles. The van der Waals surface area contributed by atoms with Gasteiger partial charge in [-0.1, -0.05) is 6.42 Å². The Bertz CT molecular complexity index is 351. The predicted octanol–water partition coefficient (Wildman–Crippen LogP) is 2.19. The molecule has 1 saturated heterocycles. The maximum Gasteiger partial charge on any atom is 0.141 e. The standard InChI is InChI=1S/C14H22FN3/c15-14-9-13(11-17-12-14)10-16-5-4-8-18-6-2-1-3-7-18/h9,11-12,16H,1-8,10H2. The second kappa shape index (κ2) is 7.44. The summed E-state index contributed by atoms with van der Waals surface area (Å²) >= 11 is 0. The highest BCUT2D eigenvalue weighted by Gasteiger charge is 2.08. The summed E-state index contributed by atoms with van der Waals surface area (Å²) in [5, 5.41) is 3.34. The molecule has 0 spiro atoms. The van der Waals surface area contributed by atoms with Crippen LogP contribution < -0.4 is 5.32 Å². The highest BCUT2D eigenvalue weighted by Crippen LogP contribution is 2.08. The molecule has 1 aromatic heterocycles. The van der Waals surface area contributed by atoms with Gasteiger partial charge in [0.05, 0.1) is 6.20 Å². The first-order chi connectivity index (χ1) is 8.84. The highest BCUT2D eigenvalue weighted by atomic mass is 19.1. The van der Waals surface area contributed by atoms with E-state index in [0.717, 1.165) is 18.5 Å². The molecule has 18 heavy (non-hydrogen) atoms. The molecule has 0 amide bonds. The molecule has 1 aliphatic rings. The Labute approximate surface area is 108 Å².